The minimum atomic E-state index is -0.555. The van der Waals surface area contributed by atoms with Gasteiger partial charge in [-0.25, -0.2) is 4.79 Å². The molecule has 0 atom stereocenters. The lowest BCUT2D eigenvalue weighted by atomic mass is 10.1. The number of Topliss-reactive ketones (excluding diaryl/α,β-unsaturated/α-hetero) is 1. The highest BCUT2D eigenvalue weighted by Gasteiger charge is 2.17. The quantitative estimate of drug-likeness (QED) is 0.589. The Balaban J connectivity index is 2.03. The highest BCUT2D eigenvalue weighted by molar-refractivity contribution is 6.31. The number of para-hydroxylation sites is 1. The molecule has 0 aliphatic carbocycles. The molecule has 0 unspecified atom stereocenters. The fraction of sp³-hybridized carbons (Fsp3) is 0.211. The van der Waals surface area contributed by atoms with E-state index in [1.54, 1.807) is 36.4 Å². The second-order valence-electron chi connectivity index (χ2n) is 5.35. The zero-order valence-corrected chi connectivity index (χ0v) is 15.1. The number of nitrogens with one attached hydrogen (secondary N) is 1. The molecule has 2 aromatic rings. The van der Waals surface area contributed by atoms with Gasteiger partial charge in [0.1, 0.15) is 5.75 Å². The number of carbonyl (C=O) groups excluding carboxylic acids is 3. The van der Waals surface area contributed by atoms with E-state index in [1.165, 1.54) is 20.3 Å². The van der Waals surface area contributed by atoms with Crippen molar-refractivity contribution < 1.29 is 23.9 Å². The number of hydrogen-bond acceptors (Lipinski definition) is 5. The summed E-state index contributed by atoms with van der Waals surface area (Å²) in [6.45, 7) is 0. The van der Waals surface area contributed by atoms with Crippen LogP contribution in [0.25, 0.3) is 0 Å². The lowest BCUT2D eigenvalue weighted by molar-refractivity contribution is -0.116. The number of anilines is 1. The maximum atomic E-state index is 12.4. The first kappa shape index (κ1) is 19.5. The molecule has 1 amide bonds. The molecular weight excluding hydrogens is 358 g/mol. The number of halogens is 1. The predicted octanol–water partition coefficient (Wildman–Crippen LogP) is 3.74. The lowest BCUT2D eigenvalue weighted by Gasteiger charge is -2.10. The molecule has 0 radical (unpaired) electrons. The van der Waals surface area contributed by atoms with Crippen LogP contribution in [0.15, 0.2) is 42.5 Å². The van der Waals surface area contributed by atoms with Crippen LogP contribution >= 0.6 is 11.6 Å². The summed E-state index contributed by atoms with van der Waals surface area (Å²) in [5.74, 6) is -0.812. The van der Waals surface area contributed by atoms with Crippen molar-refractivity contribution >= 4 is 34.9 Å². The molecule has 7 heteroatoms. The van der Waals surface area contributed by atoms with Gasteiger partial charge >= 0.3 is 5.97 Å². The van der Waals surface area contributed by atoms with Crippen LogP contribution in [0.2, 0.25) is 5.02 Å². The van der Waals surface area contributed by atoms with E-state index >= 15 is 0 Å². The SMILES string of the molecule is COC(=O)c1ccccc1NC(=O)CCC(=O)c1cc(Cl)ccc1OC. The Morgan fingerprint density at radius 1 is 1.00 bits per heavy atom. The second-order valence-corrected chi connectivity index (χ2v) is 5.79. The first-order valence-electron chi connectivity index (χ1n) is 7.80. The van der Waals surface area contributed by atoms with Crippen LogP contribution in [0.1, 0.15) is 33.6 Å². The van der Waals surface area contributed by atoms with Crippen LogP contribution in [-0.2, 0) is 9.53 Å². The smallest absolute Gasteiger partial charge is 0.339 e. The van der Waals surface area contributed by atoms with Crippen molar-refractivity contribution in [3.8, 4) is 5.75 Å². The predicted molar refractivity (Wildman–Crippen MR) is 98.0 cm³/mol. The Bertz CT molecular complexity index is 834. The Kier molecular flexibility index (Phi) is 6.74. The summed E-state index contributed by atoms with van der Waals surface area (Å²) in [5.41, 5.74) is 0.895. The average molecular weight is 376 g/mol. The summed E-state index contributed by atoms with van der Waals surface area (Å²) in [7, 11) is 2.72. The molecule has 2 aromatic carbocycles. The van der Waals surface area contributed by atoms with E-state index in [1.807, 2.05) is 0 Å². The molecule has 136 valence electrons. The minimum absolute atomic E-state index is 0.0249. The van der Waals surface area contributed by atoms with Gasteiger partial charge in [0, 0.05) is 17.9 Å². The monoisotopic (exact) mass is 375 g/mol. The Morgan fingerprint density at radius 3 is 2.42 bits per heavy atom. The fourth-order valence-corrected chi connectivity index (χ4v) is 2.52. The topological polar surface area (TPSA) is 81.7 Å². The maximum absolute atomic E-state index is 12.4. The van der Waals surface area contributed by atoms with Gasteiger partial charge in [0.25, 0.3) is 0 Å². The molecule has 0 aliphatic heterocycles. The number of esters is 1. The number of amides is 1. The molecule has 0 aromatic heterocycles. The van der Waals surface area contributed by atoms with Crippen molar-refractivity contribution in [1.29, 1.82) is 0 Å². The molecule has 0 fully saturated rings. The van der Waals surface area contributed by atoms with Crippen molar-refractivity contribution in [3.63, 3.8) is 0 Å². The number of ether oxygens (including phenoxy) is 2. The number of hydrogen-bond donors (Lipinski definition) is 1. The summed E-state index contributed by atoms with van der Waals surface area (Å²) in [6, 6.07) is 11.2. The molecule has 0 saturated heterocycles. The van der Waals surface area contributed by atoms with Crippen LogP contribution in [0.5, 0.6) is 5.75 Å². The Morgan fingerprint density at radius 2 is 1.73 bits per heavy atom. The third kappa shape index (κ3) is 4.83. The highest BCUT2D eigenvalue weighted by atomic mass is 35.5. The molecule has 2 rings (SSSR count). The zero-order chi connectivity index (χ0) is 19.1. The van der Waals surface area contributed by atoms with Gasteiger partial charge < -0.3 is 14.8 Å². The Hall–Kier alpha value is -2.86. The van der Waals surface area contributed by atoms with Gasteiger partial charge in [-0.15, -0.1) is 0 Å². The molecule has 26 heavy (non-hydrogen) atoms. The summed E-state index contributed by atoms with van der Waals surface area (Å²) < 4.78 is 9.83. The first-order valence-corrected chi connectivity index (χ1v) is 8.18. The number of carbonyl (C=O) groups is 3. The van der Waals surface area contributed by atoms with Crippen LogP contribution in [0, 0.1) is 0 Å². The number of methoxy groups -OCH3 is 2. The van der Waals surface area contributed by atoms with Crippen LogP contribution in [0.4, 0.5) is 5.69 Å². The summed E-state index contributed by atoms with van der Waals surface area (Å²) in [4.78, 5) is 36.2. The molecule has 0 aliphatic rings. The van der Waals surface area contributed by atoms with Crippen LogP contribution in [0.3, 0.4) is 0 Å². The third-order valence-corrected chi connectivity index (χ3v) is 3.88. The van der Waals surface area contributed by atoms with Gasteiger partial charge in [-0.1, -0.05) is 23.7 Å². The molecular formula is C19H18ClNO5. The van der Waals surface area contributed by atoms with E-state index in [4.69, 9.17) is 16.3 Å². The lowest BCUT2D eigenvalue weighted by Crippen LogP contribution is -2.16. The molecule has 0 bridgehead atoms. The number of rotatable bonds is 7. The number of benzene rings is 2. The van der Waals surface area contributed by atoms with E-state index in [0.29, 0.717) is 22.0 Å². The van der Waals surface area contributed by atoms with Crippen molar-refractivity contribution in [1.82, 2.24) is 0 Å². The van der Waals surface area contributed by atoms with E-state index in [-0.39, 0.29) is 24.2 Å². The normalized spacial score (nSPS) is 10.1. The zero-order valence-electron chi connectivity index (χ0n) is 14.4. The van der Waals surface area contributed by atoms with Crippen LogP contribution in [-0.4, -0.2) is 31.9 Å². The highest BCUT2D eigenvalue weighted by Crippen LogP contribution is 2.24. The van der Waals surface area contributed by atoms with Crippen molar-refractivity contribution in [3.05, 3.63) is 58.6 Å². The van der Waals surface area contributed by atoms with Crippen molar-refractivity contribution in [2.24, 2.45) is 0 Å². The van der Waals surface area contributed by atoms with E-state index in [9.17, 15) is 14.4 Å². The van der Waals surface area contributed by atoms with Gasteiger partial charge in [-0.2, -0.15) is 0 Å². The molecule has 0 spiro atoms. The summed E-state index contributed by atoms with van der Waals surface area (Å²) in [5, 5.41) is 3.03. The van der Waals surface area contributed by atoms with Crippen LogP contribution < -0.4 is 10.1 Å². The third-order valence-electron chi connectivity index (χ3n) is 3.65. The molecule has 1 N–H and O–H groups in total. The van der Waals surface area contributed by atoms with Gasteiger partial charge in [0.2, 0.25) is 5.91 Å². The van der Waals surface area contributed by atoms with Gasteiger partial charge in [0.05, 0.1) is 31.0 Å². The van der Waals surface area contributed by atoms with Gasteiger partial charge in [0.15, 0.2) is 5.78 Å². The van der Waals surface area contributed by atoms with Gasteiger partial charge in [-0.3, -0.25) is 9.59 Å². The maximum Gasteiger partial charge on any atom is 0.339 e. The summed E-state index contributed by atoms with van der Waals surface area (Å²) in [6.07, 6.45) is -0.0765. The van der Waals surface area contributed by atoms with Crippen molar-refractivity contribution in [2.75, 3.05) is 19.5 Å². The van der Waals surface area contributed by atoms with Crippen molar-refractivity contribution in [2.45, 2.75) is 12.8 Å². The van der Waals surface area contributed by atoms with E-state index < -0.39 is 11.9 Å². The molecule has 0 saturated carbocycles. The second kappa shape index (κ2) is 9.01. The first-order chi connectivity index (χ1) is 12.5. The van der Waals surface area contributed by atoms with E-state index in [0.717, 1.165) is 0 Å². The van der Waals surface area contributed by atoms with E-state index in [2.05, 4.69) is 10.1 Å². The standard InChI is InChI=1S/C19H18ClNO5/c1-25-17-9-7-12(20)11-14(17)16(22)8-10-18(23)21-15-6-4-3-5-13(15)19(24)26-2/h3-7,9,11H,8,10H2,1-2H3,(H,21,23). The van der Waals surface area contributed by atoms with Gasteiger partial charge in [-0.05, 0) is 30.3 Å². The summed E-state index contributed by atoms with van der Waals surface area (Å²) >= 11 is 5.92. The number of ketones is 1. The molecule has 6 nitrogen and oxygen atoms in total. The largest absolute Gasteiger partial charge is 0.496 e. The molecule has 0 heterocycles. The fourth-order valence-electron chi connectivity index (χ4n) is 2.35. The Labute approximate surface area is 156 Å². The minimum Gasteiger partial charge on any atom is -0.496 e. The average Bonchev–Trinajstić information content (AvgIpc) is 2.65.